The molecular weight excluding hydrogens is 178 g/mol. The van der Waals surface area contributed by atoms with E-state index in [0.29, 0.717) is 0 Å². The molecule has 3 nitrogen and oxygen atoms in total. The monoisotopic (exact) mass is 193 g/mol. The van der Waals surface area contributed by atoms with E-state index >= 15 is 0 Å². The van der Waals surface area contributed by atoms with Gasteiger partial charge in [-0.1, -0.05) is 25.1 Å². The second-order valence-electron chi connectivity index (χ2n) is 3.38. The summed E-state index contributed by atoms with van der Waals surface area (Å²) in [5.41, 5.74) is 0.755. The zero-order valence-corrected chi connectivity index (χ0v) is 8.40. The first-order valence-electron chi connectivity index (χ1n) is 4.65. The van der Waals surface area contributed by atoms with Crippen molar-refractivity contribution in [2.45, 2.75) is 20.0 Å². The quantitative estimate of drug-likeness (QED) is 0.766. The number of aliphatic hydroxyl groups is 1. The Kier molecular flexibility index (Phi) is 3.65. The van der Waals surface area contributed by atoms with Gasteiger partial charge in [0.2, 0.25) is 5.91 Å². The van der Waals surface area contributed by atoms with Gasteiger partial charge >= 0.3 is 0 Å². The van der Waals surface area contributed by atoms with E-state index in [0.717, 1.165) is 5.69 Å². The maximum Gasteiger partial charge on any atom is 0.229 e. The minimum absolute atomic E-state index is 0.161. The molecule has 2 N–H and O–H groups in total. The number of anilines is 1. The van der Waals surface area contributed by atoms with Gasteiger partial charge in [0.05, 0.1) is 12.0 Å². The molecule has 0 fully saturated rings. The summed E-state index contributed by atoms with van der Waals surface area (Å²) in [5, 5.41) is 11.9. The summed E-state index contributed by atoms with van der Waals surface area (Å²) >= 11 is 0. The molecule has 1 aromatic rings. The van der Waals surface area contributed by atoms with E-state index in [1.807, 2.05) is 30.3 Å². The fourth-order valence-electron chi connectivity index (χ4n) is 0.997. The van der Waals surface area contributed by atoms with E-state index in [9.17, 15) is 9.90 Å². The van der Waals surface area contributed by atoms with Gasteiger partial charge in [0, 0.05) is 5.69 Å². The number of aliphatic hydroxyl groups excluding tert-OH is 1. The minimum atomic E-state index is -0.626. The molecule has 14 heavy (non-hydrogen) atoms. The molecule has 0 saturated heterocycles. The summed E-state index contributed by atoms with van der Waals surface area (Å²) < 4.78 is 0. The number of nitrogens with one attached hydrogen (secondary N) is 1. The van der Waals surface area contributed by atoms with Gasteiger partial charge in [0.25, 0.3) is 0 Å². The topological polar surface area (TPSA) is 49.3 Å². The van der Waals surface area contributed by atoms with Gasteiger partial charge in [-0.2, -0.15) is 0 Å². The Balaban J connectivity index is 2.58. The molecule has 1 amide bonds. The molecule has 0 spiro atoms. The average molecular weight is 193 g/mol. The number of benzene rings is 1. The van der Waals surface area contributed by atoms with Crippen LogP contribution in [0.1, 0.15) is 13.8 Å². The molecular formula is C11H15NO2. The number of hydrogen-bond donors (Lipinski definition) is 2. The van der Waals surface area contributed by atoms with Crippen LogP contribution in [-0.4, -0.2) is 17.1 Å². The van der Waals surface area contributed by atoms with Crippen molar-refractivity contribution in [2.24, 2.45) is 5.92 Å². The predicted molar refractivity (Wildman–Crippen MR) is 55.9 cm³/mol. The van der Waals surface area contributed by atoms with E-state index in [-0.39, 0.29) is 5.91 Å². The number of amides is 1. The van der Waals surface area contributed by atoms with Crippen LogP contribution in [0, 0.1) is 5.92 Å². The maximum atomic E-state index is 11.5. The third-order valence-electron chi connectivity index (χ3n) is 2.18. The Hall–Kier alpha value is -1.35. The maximum absolute atomic E-state index is 11.5. The van der Waals surface area contributed by atoms with E-state index in [2.05, 4.69) is 5.32 Å². The van der Waals surface area contributed by atoms with Crippen LogP contribution >= 0.6 is 0 Å². The Bertz CT molecular complexity index is 295. The summed E-state index contributed by atoms with van der Waals surface area (Å²) in [6.45, 7) is 3.30. The number of para-hydroxylation sites is 1. The minimum Gasteiger partial charge on any atom is -0.393 e. The molecule has 1 aromatic carbocycles. The molecule has 0 aromatic heterocycles. The van der Waals surface area contributed by atoms with Crippen molar-refractivity contribution in [3.63, 3.8) is 0 Å². The molecule has 0 bridgehead atoms. The zero-order valence-electron chi connectivity index (χ0n) is 8.40. The molecule has 2 atom stereocenters. The lowest BCUT2D eigenvalue weighted by molar-refractivity contribution is -0.122. The normalized spacial score (nSPS) is 14.5. The van der Waals surface area contributed by atoms with Gasteiger partial charge < -0.3 is 10.4 Å². The van der Waals surface area contributed by atoms with E-state index in [1.54, 1.807) is 13.8 Å². The van der Waals surface area contributed by atoms with Crippen molar-refractivity contribution in [1.29, 1.82) is 0 Å². The van der Waals surface area contributed by atoms with Crippen LogP contribution in [-0.2, 0) is 4.79 Å². The highest BCUT2D eigenvalue weighted by Gasteiger charge is 2.17. The highest BCUT2D eigenvalue weighted by atomic mass is 16.3. The largest absolute Gasteiger partial charge is 0.393 e. The van der Waals surface area contributed by atoms with Crippen LogP contribution in [0.4, 0.5) is 5.69 Å². The van der Waals surface area contributed by atoms with Crippen molar-refractivity contribution in [3.05, 3.63) is 30.3 Å². The zero-order chi connectivity index (χ0) is 10.6. The molecule has 0 heterocycles. The van der Waals surface area contributed by atoms with Crippen molar-refractivity contribution in [2.75, 3.05) is 5.32 Å². The Morgan fingerprint density at radius 2 is 1.86 bits per heavy atom. The van der Waals surface area contributed by atoms with E-state index in [4.69, 9.17) is 0 Å². The van der Waals surface area contributed by atoms with Crippen molar-refractivity contribution >= 4 is 11.6 Å². The first-order valence-corrected chi connectivity index (χ1v) is 4.65. The highest BCUT2D eigenvalue weighted by molar-refractivity contribution is 5.92. The van der Waals surface area contributed by atoms with Gasteiger partial charge in [-0.05, 0) is 19.1 Å². The van der Waals surface area contributed by atoms with Crippen LogP contribution in [0.5, 0.6) is 0 Å². The summed E-state index contributed by atoms with van der Waals surface area (Å²) in [4.78, 5) is 11.5. The predicted octanol–water partition coefficient (Wildman–Crippen LogP) is 1.64. The Morgan fingerprint density at radius 3 is 2.36 bits per heavy atom. The number of carbonyl (C=O) groups is 1. The van der Waals surface area contributed by atoms with Crippen LogP contribution in [0.3, 0.4) is 0 Å². The molecule has 0 aliphatic carbocycles. The molecule has 0 saturated carbocycles. The fraction of sp³-hybridized carbons (Fsp3) is 0.364. The molecule has 3 heteroatoms. The molecule has 0 unspecified atom stereocenters. The third kappa shape index (κ3) is 2.85. The highest BCUT2D eigenvalue weighted by Crippen LogP contribution is 2.09. The van der Waals surface area contributed by atoms with Crippen LogP contribution in [0.25, 0.3) is 0 Å². The summed E-state index contributed by atoms with van der Waals surface area (Å²) in [5.74, 6) is -0.554. The lowest BCUT2D eigenvalue weighted by atomic mass is 10.1. The smallest absolute Gasteiger partial charge is 0.229 e. The van der Waals surface area contributed by atoms with Crippen molar-refractivity contribution < 1.29 is 9.90 Å². The Morgan fingerprint density at radius 1 is 1.29 bits per heavy atom. The summed E-state index contributed by atoms with van der Waals surface area (Å²) in [6.07, 6.45) is -0.626. The van der Waals surface area contributed by atoms with E-state index in [1.165, 1.54) is 0 Å². The second kappa shape index (κ2) is 4.77. The van der Waals surface area contributed by atoms with Gasteiger partial charge in [-0.25, -0.2) is 0 Å². The average Bonchev–Trinajstić information content (AvgIpc) is 2.18. The fourth-order valence-corrected chi connectivity index (χ4v) is 0.997. The lowest BCUT2D eigenvalue weighted by Gasteiger charge is -2.14. The first-order chi connectivity index (χ1) is 6.61. The lowest BCUT2D eigenvalue weighted by Crippen LogP contribution is -2.28. The molecule has 0 aliphatic rings. The van der Waals surface area contributed by atoms with Gasteiger partial charge in [-0.3, -0.25) is 4.79 Å². The first kappa shape index (κ1) is 10.7. The number of rotatable bonds is 3. The van der Waals surface area contributed by atoms with Gasteiger partial charge in [0.15, 0.2) is 0 Å². The van der Waals surface area contributed by atoms with Crippen molar-refractivity contribution in [1.82, 2.24) is 0 Å². The third-order valence-corrected chi connectivity index (χ3v) is 2.18. The van der Waals surface area contributed by atoms with Crippen LogP contribution in [0.2, 0.25) is 0 Å². The number of hydrogen-bond acceptors (Lipinski definition) is 2. The standard InChI is InChI=1S/C11H15NO2/c1-8(9(2)13)11(14)12-10-6-4-3-5-7-10/h3-9,13H,1-2H3,(H,12,14)/t8-,9-/m1/s1. The summed E-state index contributed by atoms with van der Waals surface area (Å²) in [7, 11) is 0. The number of carbonyl (C=O) groups excluding carboxylic acids is 1. The molecule has 76 valence electrons. The SMILES string of the molecule is C[C@@H](O)[C@@H](C)C(=O)Nc1ccccc1. The second-order valence-corrected chi connectivity index (χ2v) is 3.38. The van der Waals surface area contributed by atoms with Gasteiger partial charge in [-0.15, -0.1) is 0 Å². The van der Waals surface area contributed by atoms with Crippen LogP contribution < -0.4 is 5.32 Å². The molecule has 0 aliphatic heterocycles. The molecule has 1 rings (SSSR count). The van der Waals surface area contributed by atoms with E-state index < -0.39 is 12.0 Å². The Labute approximate surface area is 83.8 Å². The summed E-state index contributed by atoms with van der Waals surface area (Å²) in [6, 6.07) is 9.21. The van der Waals surface area contributed by atoms with Gasteiger partial charge in [0.1, 0.15) is 0 Å². The van der Waals surface area contributed by atoms with Crippen molar-refractivity contribution in [3.8, 4) is 0 Å². The van der Waals surface area contributed by atoms with Crippen LogP contribution in [0.15, 0.2) is 30.3 Å². The molecule has 0 radical (unpaired) electrons.